The fourth-order valence-corrected chi connectivity index (χ4v) is 18.4. The summed E-state index contributed by atoms with van der Waals surface area (Å²) in [4.78, 5) is 36.3. The summed E-state index contributed by atoms with van der Waals surface area (Å²) < 4.78 is 9.31. The molecule has 0 spiro atoms. The standard InChI is InChI=1S/C25H17N2.C25H28N.C23H20NS.C22H23N2.C20H15N2O.C18H14N.4Ir/c1-3-10-19(11-4-1)20-12-9-13-21(18-20)25-26-23-16-7-8-17-24(23)27(25)22-14-5-2-6-15-22;1-21-17-18-25(26-20-21)24-16-10-15-23(19-24)14-7-4-2-3-6-11-22-12-8-5-9-13-22;1-2-8-18(9-3-1)10-4-5-11-19-14-16-20(17-15-19)23-24-21-12-6-7-13-22(21)25-23;1-18-16-21(22-14-8-9-15-23-22)20(17-24-18)13-7-3-6-12-19-10-4-2-5-11-19;1-2-6-15(7-3-1)10-11-16-14-21-13-12-17(16)20-22-18-8-4-5-9-19(18)23-20;1-14-10-11-18(19-13-14)17-9-5-8-16(12-17)15-6-3-2-4-7-15;;;;/h1-12,14-18H;5,8-10,12-13,15,17-20H,2-4,6-7,11,14H2,1H3;1-3,6-9,12-16H,4-5,10-11H2;2,4-5,8-11,14-15,17H,3,6-7,12-13H2,1H3;1-9,13-14H,10-11H2;2-8,10-13H,1H3;;;;/q6*-1;;;;. The molecule has 15 heteroatoms. The Bertz CT molecular complexity index is 7580. The monoisotopic (exact) mass is 2660 g/mol. The van der Waals surface area contributed by atoms with E-state index in [1.807, 2.05) is 148 Å². The van der Waals surface area contributed by atoms with Crippen molar-refractivity contribution in [3.8, 4) is 95.1 Å². The van der Waals surface area contributed by atoms with Crippen molar-refractivity contribution in [1.29, 1.82) is 0 Å². The molecule has 10 nitrogen and oxygen atoms in total. The van der Waals surface area contributed by atoms with Gasteiger partial charge in [0.15, 0.2) is 0 Å². The summed E-state index contributed by atoms with van der Waals surface area (Å²) in [5.41, 5.74) is 33.8. The average molecular weight is 2660 g/mol. The van der Waals surface area contributed by atoms with Crippen LogP contribution < -0.4 is 0 Å². The van der Waals surface area contributed by atoms with Crippen LogP contribution in [0.1, 0.15) is 126 Å². The van der Waals surface area contributed by atoms with Gasteiger partial charge in [-0.15, -0.1) is 158 Å². The first-order valence-corrected chi connectivity index (χ1v) is 51.0. The number of unbranched alkanes of at least 4 members (excludes halogenated alkanes) is 7. The van der Waals surface area contributed by atoms with Gasteiger partial charge in [-0.25, -0.2) is 0 Å². The summed E-state index contributed by atoms with van der Waals surface area (Å²) in [6.07, 6.45) is 32.4. The number of benzene rings is 14. The van der Waals surface area contributed by atoms with Crippen molar-refractivity contribution in [2.75, 3.05) is 0 Å². The molecule has 8 heterocycles. The SMILES string of the molecule is Cc1[c-]c(-c2ccccn2)c(CCCCCc2ccccc2)cn1.Cc1ccc(-c2[c-]ccc(-c3ccccc3)c2)nc1.Cc1ccc(-c2[c-]ccc(CCCCCCCc3ccccc3)c2)nc1.[Ir].[Ir].[Ir].[Ir].[c-]1cc(CCCCc2ccccc2)ccc1-c1nc2ccccc2s1.[c-]1ccc(-c2ccccc2)cc1-c1nc2ccccc2n1-c1ccccc1.[c-]1cncc(CCc2ccccc2)c1-c1nc2ccccc2o1. The third-order valence-corrected chi connectivity index (χ3v) is 26.2. The Labute approximate surface area is 931 Å². The van der Waals surface area contributed by atoms with Crippen LogP contribution >= 0.6 is 11.3 Å². The van der Waals surface area contributed by atoms with Crippen molar-refractivity contribution < 1.29 is 84.8 Å². The van der Waals surface area contributed by atoms with E-state index in [-0.39, 0.29) is 80.4 Å². The Kier molecular flexibility index (Phi) is 45.1. The minimum Gasteiger partial charge on any atom is -0.496 e. The predicted octanol–water partition coefficient (Wildman–Crippen LogP) is 33.3. The molecule has 0 bridgehead atoms. The number of para-hydroxylation sites is 6. The van der Waals surface area contributed by atoms with Crippen LogP contribution in [0.15, 0.2) is 442 Å². The van der Waals surface area contributed by atoms with Gasteiger partial charge in [0.25, 0.3) is 0 Å². The molecular weight excluding hydrogens is 2540 g/mol. The van der Waals surface area contributed by atoms with Crippen molar-refractivity contribution in [2.24, 2.45) is 0 Å². The summed E-state index contributed by atoms with van der Waals surface area (Å²) in [6, 6.07) is 158. The van der Waals surface area contributed by atoms with E-state index >= 15 is 0 Å². The number of hydrogen-bond acceptors (Lipinski definition) is 10. The molecule has 0 aliphatic rings. The third-order valence-electron chi connectivity index (χ3n) is 25.2. The van der Waals surface area contributed by atoms with Gasteiger partial charge in [0, 0.05) is 114 Å². The molecule has 0 aliphatic heterocycles. The van der Waals surface area contributed by atoms with Gasteiger partial charge >= 0.3 is 0 Å². The molecule has 0 atom stereocenters. The van der Waals surface area contributed by atoms with E-state index in [9.17, 15) is 0 Å². The topological polar surface area (TPSA) is 121 Å². The number of fused-ring (bicyclic) bond motifs is 3. The maximum Gasteiger partial charge on any atom is 0.137 e. The number of nitrogens with zero attached hydrogens (tertiary/aromatic N) is 9. The molecule has 0 N–H and O–H groups in total. The van der Waals surface area contributed by atoms with Crippen molar-refractivity contribution >= 4 is 43.7 Å². The maximum absolute atomic E-state index is 5.88. The zero-order valence-electron chi connectivity index (χ0n) is 83.5. The Balaban J connectivity index is 0.000000148. The van der Waals surface area contributed by atoms with Crippen LogP contribution in [0.3, 0.4) is 0 Å². The minimum absolute atomic E-state index is 0. The molecule has 0 saturated heterocycles. The fraction of sp³-hybridized carbons (Fsp3) is 0.158. The molecule has 14 aromatic carbocycles. The molecule has 0 fully saturated rings. The molecule has 4 radical (unpaired) electrons. The summed E-state index contributed by atoms with van der Waals surface area (Å²) >= 11 is 1.73. The molecule has 0 amide bonds. The van der Waals surface area contributed by atoms with Crippen molar-refractivity contribution in [2.45, 2.75) is 136 Å². The molecule has 22 aromatic rings. The number of thiazole rings is 1. The normalized spacial score (nSPS) is 10.5. The van der Waals surface area contributed by atoms with Crippen molar-refractivity contribution in [3.63, 3.8) is 0 Å². The van der Waals surface area contributed by atoms with Crippen LogP contribution in [0.5, 0.6) is 0 Å². The number of aromatic nitrogens is 9. The predicted molar refractivity (Wildman–Crippen MR) is 595 cm³/mol. The van der Waals surface area contributed by atoms with Gasteiger partial charge < -0.3 is 23.9 Å². The molecule has 22 rings (SSSR count). The van der Waals surface area contributed by atoms with E-state index in [2.05, 4.69) is 375 Å². The number of imidazole rings is 1. The zero-order chi connectivity index (χ0) is 98.2. The molecule has 0 aliphatic carbocycles. The van der Waals surface area contributed by atoms with E-state index in [1.54, 1.807) is 17.5 Å². The molecule has 148 heavy (non-hydrogen) atoms. The third kappa shape index (κ3) is 33.4. The van der Waals surface area contributed by atoms with Crippen LogP contribution in [0, 0.1) is 57.2 Å². The summed E-state index contributed by atoms with van der Waals surface area (Å²) in [5, 5.41) is 1.05. The Morgan fingerprint density at radius 2 is 0.784 bits per heavy atom. The van der Waals surface area contributed by atoms with Gasteiger partial charge in [-0.2, -0.15) is 29.0 Å². The first kappa shape index (κ1) is 111. The van der Waals surface area contributed by atoms with Gasteiger partial charge in [0.2, 0.25) is 0 Å². The van der Waals surface area contributed by atoms with Crippen molar-refractivity contribution in [1.82, 2.24) is 44.4 Å². The fourth-order valence-electron chi connectivity index (χ4n) is 17.4. The second-order valence-electron chi connectivity index (χ2n) is 36.0. The quantitative estimate of drug-likeness (QED) is 0.0309. The van der Waals surface area contributed by atoms with Crippen LogP contribution in [0.4, 0.5) is 0 Å². The number of rotatable bonds is 31. The minimum atomic E-state index is 0. The van der Waals surface area contributed by atoms with Crippen LogP contribution in [-0.2, 0) is 132 Å². The van der Waals surface area contributed by atoms with Crippen molar-refractivity contribution in [3.05, 3.63) is 535 Å². The Morgan fingerprint density at radius 3 is 1.35 bits per heavy atom. The van der Waals surface area contributed by atoms with E-state index in [0.29, 0.717) is 5.89 Å². The number of oxazole rings is 1. The Hall–Kier alpha value is -13.7. The molecule has 0 saturated carbocycles. The first-order chi connectivity index (χ1) is 71.1. The number of aryl methyl sites for hydroxylation is 11. The van der Waals surface area contributed by atoms with Gasteiger partial charge in [-0.05, 0) is 213 Å². The van der Waals surface area contributed by atoms with Crippen LogP contribution in [0.25, 0.3) is 127 Å². The maximum atomic E-state index is 5.88. The largest absolute Gasteiger partial charge is 0.496 e. The van der Waals surface area contributed by atoms with Gasteiger partial charge in [-0.3, -0.25) is 24.9 Å². The summed E-state index contributed by atoms with van der Waals surface area (Å²) in [5.74, 6) is 1.51. The van der Waals surface area contributed by atoms with Gasteiger partial charge in [0.1, 0.15) is 11.5 Å². The smallest absolute Gasteiger partial charge is 0.137 e. The number of hydrogen-bond donors (Lipinski definition) is 0. The summed E-state index contributed by atoms with van der Waals surface area (Å²) in [7, 11) is 0. The second-order valence-corrected chi connectivity index (χ2v) is 37.0. The van der Waals surface area contributed by atoms with E-state index in [0.717, 1.165) is 156 Å². The average Bonchev–Trinajstić information content (AvgIpc) is 1.61. The van der Waals surface area contributed by atoms with E-state index < -0.39 is 0 Å². The van der Waals surface area contributed by atoms with Gasteiger partial charge in [-0.1, -0.05) is 337 Å². The number of pyridine rings is 5. The molecule has 0 unspecified atom stereocenters. The molecule has 748 valence electrons. The molecular formula is C133H117Ir4N9OS-6. The van der Waals surface area contributed by atoms with Crippen LogP contribution in [-0.4, -0.2) is 44.4 Å². The first-order valence-electron chi connectivity index (χ1n) is 50.2. The summed E-state index contributed by atoms with van der Waals surface area (Å²) in [6.45, 7) is 6.09. The molecule has 8 aromatic heterocycles. The Morgan fingerprint density at radius 1 is 0.304 bits per heavy atom. The second kappa shape index (κ2) is 59.9. The van der Waals surface area contributed by atoms with Gasteiger partial charge in [0.05, 0.1) is 27.9 Å². The van der Waals surface area contributed by atoms with E-state index in [4.69, 9.17) is 14.4 Å². The van der Waals surface area contributed by atoms with Crippen LogP contribution in [0.2, 0.25) is 0 Å². The zero-order valence-corrected chi connectivity index (χ0v) is 93.9. The van der Waals surface area contributed by atoms with E-state index in [1.165, 1.54) is 142 Å².